The van der Waals surface area contributed by atoms with Gasteiger partial charge in [-0.3, -0.25) is 19.5 Å². The van der Waals surface area contributed by atoms with Crippen LogP contribution in [-0.2, 0) is 20.9 Å². The van der Waals surface area contributed by atoms with Crippen molar-refractivity contribution in [1.82, 2.24) is 25.3 Å². The molecule has 9 nitrogen and oxygen atoms in total. The van der Waals surface area contributed by atoms with Gasteiger partial charge in [-0.2, -0.15) is 0 Å². The van der Waals surface area contributed by atoms with Gasteiger partial charge < -0.3 is 10.1 Å². The molecule has 1 saturated heterocycles. The Hall–Kier alpha value is -4.11. The molecule has 0 saturated carbocycles. The Morgan fingerprint density at radius 3 is 2.61 bits per heavy atom. The van der Waals surface area contributed by atoms with Gasteiger partial charge in [0.25, 0.3) is 0 Å². The van der Waals surface area contributed by atoms with Gasteiger partial charge in [-0.1, -0.05) is 49.4 Å². The maximum Gasteiger partial charge on any atom is 0.249 e. The standard InChI is InChI=1S/C29H32N6O3/c1-20(2)21-11-13-23(14-12-21)35(27(36)19-34-26-10-4-3-9-25(26)32-33-34)28(22-7-5-15-30-17-22)29(37)31-18-24-8-6-16-38-24/h3-5,7,9-15,17,20,24,28H,6,8,16,18-19H2,1-2H3,(H,31,37)/t24-,28+/m0/s1. The first-order valence-electron chi connectivity index (χ1n) is 13.0. The average Bonchev–Trinajstić information content (AvgIpc) is 3.61. The van der Waals surface area contributed by atoms with Gasteiger partial charge in [-0.05, 0) is 54.7 Å². The molecule has 0 radical (unpaired) electrons. The predicted molar refractivity (Wildman–Crippen MR) is 145 cm³/mol. The largest absolute Gasteiger partial charge is 0.376 e. The van der Waals surface area contributed by atoms with Gasteiger partial charge in [-0.15, -0.1) is 5.10 Å². The Morgan fingerprint density at radius 2 is 1.89 bits per heavy atom. The monoisotopic (exact) mass is 512 g/mol. The lowest BCUT2D eigenvalue weighted by Crippen LogP contribution is -2.46. The van der Waals surface area contributed by atoms with Crippen LogP contribution in [0.15, 0.2) is 73.1 Å². The van der Waals surface area contributed by atoms with Gasteiger partial charge in [0, 0.05) is 36.8 Å². The number of hydrogen-bond donors (Lipinski definition) is 1. The minimum absolute atomic E-state index is 0.0236. The van der Waals surface area contributed by atoms with E-state index in [9.17, 15) is 9.59 Å². The smallest absolute Gasteiger partial charge is 0.249 e. The molecule has 5 rings (SSSR count). The van der Waals surface area contributed by atoms with Crippen molar-refractivity contribution in [2.45, 2.75) is 51.3 Å². The van der Waals surface area contributed by atoms with Crippen molar-refractivity contribution in [3.05, 3.63) is 84.2 Å². The van der Waals surface area contributed by atoms with Crippen LogP contribution in [0.3, 0.4) is 0 Å². The van der Waals surface area contributed by atoms with Crippen LogP contribution in [0.1, 0.15) is 49.8 Å². The summed E-state index contributed by atoms with van der Waals surface area (Å²) < 4.78 is 7.27. The molecular formula is C29H32N6O3. The number of carbonyl (C=O) groups is 2. The topological polar surface area (TPSA) is 102 Å². The number of benzene rings is 2. The zero-order valence-corrected chi connectivity index (χ0v) is 21.7. The maximum absolute atomic E-state index is 14.1. The minimum atomic E-state index is -0.933. The van der Waals surface area contributed by atoms with Gasteiger partial charge in [0.05, 0.1) is 11.6 Å². The molecular weight excluding hydrogens is 480 g/mol. The van der Waals surface area contributed by atoms with Crippen molar-refractivity contribution >= 4 is 28.5 Å². The number of para-hydroxylation sites is 1. The second-order valence-corrected chi connectivity index (χ2v) is 9.81. The zero-order valence-electron chi connectivity index (χ0n) is 21.7. The molecule has 38 heavy (non-hydrogen) atoms. The van der Waals surface area contributed by atoms with Gasteiger partial charge in [-0.25, -0.2) is 4.68 Å². The molecule has 0 bridgehead atoms. The van der Waals surface area contributed by atoms with Crippen molar-refractivity contribution < 1.29 is 14.3 Å². The third-order valence-electron chi connectivity index (χ3n) is 6.85. The van der Waals surface area contributed by atoms with E-state index in [0.29, 0.717) is 35.8 Å². The Kier molecular flexibility index (Phi) is 7.74. The van der Waals surface area contributed by atoms with Gasteiger partial charge in [0.2, 0.25) is 11.8 Å². The molecule has 1 aliphatic rings. The molecule has 0 spiro atoms. The second-order valence-electron chi connectivity index (χ2n) is 9.81. The van der Waals surface area contributed by atoms with Crippen molar-refractivity contribution in [3.63, 3.8) is 0 Å². The number of pyridine rings is 1. The molecule has 0 unspecified atom stereocenters. The zero-order chi connectivity index (χ0) is 26.5. The van der Waals surface area contributed by atoms with Crippen LogP contribution < -0.4 is 10.2 Å². The molecule has 1 N–H and O–H groups in total. The fraction of sp³-hybridized carbons (Fsp3) is 0.345. The van der Waals surface area contributed by atoms with Crippen molar-refractivity contribution in [2.75, 3.05) is 18.1 Å². The Morgan fingerprint density at radius 1 is 1.08 bits per heavy atom. The van der Waals surface area contributed by atoms with E-state index < -0.39 is 6.04 Å². The van der Waals surface area contributed by atoms with E-state index in [0.717, 1.165) is 23.9 Å². The third kappa shape index (κ3) is 5.57. The van der Waals surface area contributed by atoms with E-state index in [1.165, 1.54) is 0 Å². The molecule has 2 aromatic carbocycles. The van der Waals surface area contributed by atoms with E-state index in [2.05, 4.69) is 34.5 Å². The number of anilines is 1. The number of carbonyl (C=O) groups excluding carboxylic acids is 2. The van der Waals surface area contributed by atoms with Crippen LogP contribution in [0.2, 0.25) is 0 Å². The van der Waals surface area contributed by atoms with Crippen LogP contribution in [0.5, 0.6) is 0 Å². The summed E-state index contributed by atoms with van der Waals surface area (Å²) in [5, 5.41) is 11.4. The Balaban J connectivity index is 1.52. The number of fused-ring (bicyclic) bond motifs is 1. The highest BCUT2D eigenvalue weighted by atomic mass is 16.5. The maximum atomic E-state index is 14.1. The van der Waals surface area contributed by atoms with E-state index >= 15 is 0 Å². The Labute approximate surface area is 221 Å². The molecule has 2 amide bonds. The number of nitrogens with zero attached hydrogens (tertiary/aromatic N) is 5. The number of rotatable bonds is 9. The molecule has 2 aromatic heterocycles. The summed E-state index contributed by atoms with van der Waals surface area (Å²) in [5.41, 5.74) is 3.82. The van der Waals surface area contributed by atoms with Crippen LogP contribution >= 0.6 is 0 Å². The molecule has 196 valence electrons. The van der Waals surface area contributed by atoms with Gasteiger partial charge >= 0.3 is 0 Å². The summed E-state index contributed by atoms with van der Waals surface area (Å²) >= 11 is 0. The minimum Gasteiger partial charge on any atom is -0.376 e. The number of ether oxygens (including phenoxy) is 1. The van der Waals surface area contributed by atoms with E-state index in [4.69, 9.17) is 4.74 Å². The normalized spacial score (nSPS) is 16.0. The summed E-state index contributed by atoms with van der Waals surface area (Å²) in [6, 6.07) is 17.9. The van der Waals surface area contributed by atoms with Crippen molar-refractivity contribution in [1.29, 1.82) is 0 Å². The summed E-state index contributed by atoms with van der Waals surface area (Å²) in [7, 11) is 0. The number of amides is 2. The SMILES string of the molecule is CC(C)c1ccc(N(C(=O)Cn2nnc3ccccc32)[C@@H](C(=O)NC[C@@H]2CCCO2)c2cccnc2)cc1. The molecule has 9 heteroatoms. The quantitative estimate of drug-likeness (QED) is 0.363. The summed E-state index contributed by atoms with van der Waals surface area (Å²) in [6.07, 6.45) is 5.13. The fourth-order valence-electron chi connectivity index (χ4n) is 4.77. The van der Waals surface area contributed by atoms with E-state index in [1.807, 2.05) is 54.6 Å². The molecule has 1 aliphatic heterocycles. The third-order valence-corrected chi connectivity index (χ3v) is 6.85. The summed E-state index contributed by atoms with van der Waals surface area (Å²) in [6.45, 7) is 5.24. The first kappa shape index (κ1) is 25.5. The van der Waals surface area contributed by atoms with Crippen molar-refractivity contribution in [2.24, 2.45) is 0 Å². The predicted octanol–water partition coefficient (Wildman–Crippen LogP) is 4.02. The fourth-order valence-corrected chi connectivity index (χ4v) is 4.77. The Bertz CT molecular complexity index is 1380. The number of nitrogens with one attached hydrogen (secondary N) is 1. The lowest BCUT2D eigenvalue weighted by molar-refractivity contribution is -0.127. The van der Waals surface area contributed by atoms with Gasteiger partial charge in [0.1, 0.15) is 18.1 Å². The van der Waals surface area contributed by atoms with Crippen molar-refractivity contribution in [3.8, 4) is 0 Å². The molecule has 1 fully saturated rings. The number of aromatic nitrogens is 4. The molecule has 2 atom stereocenters. The molecule has 3 heterocycles. The van der Waals surface area contributed by atoms with E-state index in [-0.39, 0.29) is 24.5 Å². The second kappa shape index (κ2) is 11.5. The lowest BCUT2D eigenvalue weighted by atomic mass is 10.0. The van der Waals surface area contributed by atoms with Crippen LogP contribution in [0, 0.1) is 0 Å². The first-order valence-corrected chi connectivity index (χ1v) is 13.0. The van der Waals surface area contributed by atoms with Crippen LogP contribution in [0.4, 0.5) is 5.69 Å². The van der Waals surface area contributed by atoms with Crippen LogP contribution in [-0.4, -0.2) is 51.0 Å². The average molecular weight is 513 g/mol. The highest BCUT2D eigenvalue weighted by molar-refractivity contribution is 6.01. The lowest BCUT2D eigenvalue weighted by Gasteiger charge is -2.32. The molecule has 0 aliphatic carbocycles. The first-order chi connectivity index (χ1) is 18.5. The highest BCUT2D eigenvalue weighted by Crippen LogP contribution is 2.30. The van der Waals surface area contributed by atoms with Gasteiger partial charge in [0.15, 0.2) is 0 Å². The van der Waals surface area contributed by atoms with Crippen LogP contribution in [0.25, 0.3) is 11.0 Å². The summed E-state index contributed by atoms with van der Waals surface area (Å²) in [5.74, 6) is -0.254. The summed E-state index contributed by atoms with van der Waals surface area (Å²) in [4.78, 5) is 33.6. The highest BCUT2D eigenvalue weighted by Gasteiger charge is 2.34. The number of hydrogen-bond acceptors (Lipinski definition) is 6. The molecule has 4 aromatic rings. The van der Waals surface area contributed by atoms with E-state index in [1.54, 1.807) is 28.0 Å².